The Kier molecular flexibility index (Phi) is 5.50. The molecule has 3 atom stereocenters. The fraction of sp³-hybridized carbons (Fsp3) is 0.438. The van der Waals surface area contributed by atoms with Gasteiger partial charge in [0.15, 0.2) is 4.90 Å². The molecule has 1 aliphatic rings. The highest BCUT2D eigenvalue weighted by Gasteiger charge is 2.24. The summed E-state index contributed by atoms with van der Waals surface area (Å²) in [6.07, 6.45) is 4.24. The Morgan fingerprint density at radius 3 is 2.82 bits per heavy atom. The summed E-state index contributed by atoms with van der Waals surface area (Å²) in [4.78, 5) is 12.1. The topological polar surface area (TPSA) is 73.4 Å². The summed E-state index contributed by atoms with van der Waals surface area (Å²) >= 11 is -1.04. The second-order valence-corrected chi connectivity index (χ2v) is 6.95. The first kappa shape index (κ1) is 16.9. The molecule has 0 radical (unpaired) electrons. The van der Waals surface area contributed by atoms with Crippen molar-refractivity contribution in [3.8, 4) is 5.75 Å². The van der Waals surface area contributed by atoms with E-state index < -0.39 is 11.2 Å². The molecule has 2 N–H and O–H groups in total. The van der Waals surface area contributed by atoms with E-state index in [1.165, 1.54) is 0 Å². The third-order valence-electron chi connectivity index (χ3n) is 3.86. The summed E-state index contributed by atoms with van der Waals surface area (Å²) in [5.41, 5.74) is 7.70. The fourth-order valence-electron chi connectivity index (χ4n) is 2.52. The summed E-state index contributed by atoms with van der Waals surface area (Å²) in [7, 11) is 1.61. The van der Waals surface area contributed by atoms with Gasteiger partial charge in [0.1, 0.15) is 12.0 Å². The number of allylic oxidation sites excluding steroid dienone is 1. The van der Waals surface area contributed by atoms with Crippen molar-refractivity contribution in [1.82, 2.24) is 10.9 Å². The number of benzene rings is 1. The van der Waals surface area contributed by atoms with Crippen LogP contribution in [0.4, 0.5) is 0 Å². The lowest BCUT2D eigenvalue weighted by molar-refractivity contribution is -0.125. The van der Waals surface area contributed by atoms with Crippen molar-refractivity contribution < 1.29 is 14.1 Å². The third-order valence-corrected chi connectivity index (χ3v) is 4.78. The van der Waals surface area contributed by atoms with Gasteiger partial charge in [0.2, 0.25) is 5.91 Å². The van der Waals surface area contributed by atoms with Gasteiger partial charge in [-0.25, -0.2) is 5.43 Å². The number of nitrogens with one attached hydrogen (secondary N) is 2. The molecule has 1 heterocycles. The maximum Gasteiger partial charge on any atom is 0.234 e. The smallest absolute Gasteiger partial charge is 0.234 e. The Bertz CT molecular complexity index is 587. The first-order valence-electron chi connectivity index (χ1n) is 7.17. The van der Waals surface area contributed by atoms with Gasteiger partial charge < -0.3 is 9.29 Å². The molecule has 0 saturated carbocycles. The second-order valence-electron chi connectivity index (χ2n) is 5.57. The molecule has 1 fully saturated rings. The van der Waals surface area contributed by atoms with Crippen LogP contribution in [0.15, 0.2) is 29.2 Å². The van der Waals surface area contributed by atoms with Crippen molar-refractivity contribution in [2.24, 2.45) is 5.92 Å². The summed E-state index contributed by atoms with van der Waals surface area (Å²) in [6, 6.07) is 5.66. The zero-order valence-electron chi connectivity index (χ0n) is 13.3. The van der Waals surface area contributed by atoms with Crippen LogP contribution in [0.2, 0.25) is 0 Å². The third kappa shape index (κ3) is 3.82. The van der Waals surface area contributed by atoms with Crippen molar-refractivity contribution in [3.63, 3.8) is 0 Å². The minimum absolute atomic E-state index is 0.0159. The first-order chi connectivity index (χ1) is 10.4. The molecule has 1 saturated heterocycles. The molecule has 5 nitrogen and oxygen atoms in total. The van der Waals surface area contributed by atoms with E-state index in [1.807, 2.05) is 32.0 Å². The number of hydrogen-bond acceptors (Lipinski definition) is 4. The fourth-order valence-corrected chi connectivity index (χ4v) is 3.05. The lowest BCUT2D eigenvalue weighted by Gasteiger charge is -2.28. The molecule has 0 aromatic heterocycles. The summed E-state index contributed by atoms with van der Waals surface area (Å²) < 4.78 is 17.0. The van der Waals surface area contributed by atoms with Crippen molar-refractivity contribution in [3.05, 3.63) is 29.8 Å². The standard InChI is InChI=1S/C16H22N2O3S/c1-10(7-14-11(2)8-16(19)18-17-14)13-6-5-12(22(4)20)9-15(13)21-3/h5-7,9,11,14,17H,8H2,1-4H3,(H,18,19)/b10-7+. The van der Waals surface area contributed by atoms with E-state index in [-0.39, 0.29) is 17.9 Å². The van der Waals surface area contributed by atoms with Gasteiger partial charge in [0.25, 0.3) is 0 Å². The zero-order valence-corrected chi connectivity index (χ0v) is 14.1. The zero-order chi connectivity index (χ0) is 16.3. The van der Waals surface area contributed by atoms with Crippen LogP contribution < -0.4 is 15.6 Å². The predicted molar refractivity (Wildman–Crippen MR) is 87.8 cm³/mol. The Morgan fingerprint density at radius 1 is 1.50 bits per heavy atom. The molecule has 0 spiro atoms. The van der Waals surface area contributed by atoms with Gasteiger partial charge in [-0.3, -0.25) is 10.2 Å². The van der Waals surface area contributed by atoms with Crippen molar-refractivity contribution in [1.29, 1.82) is 0 Å². The van der Waals surface area contributed by atoms with Crippen LogP contribution >= 0.6 is 0 Å². The number of carbonyl (C=O) groups is 1. The van der Waals surface area contributed by atoms with Gasteiger partial charge >= 0.3 is 0 Å². The van der Waals surface area contributed by atoms with E-state index in [0.717, 1.165) is 16.0 Å². The van der Waals surface area contributed by atoms with Crippen LogP contribution in [0.5, 0.6) is 5.75 Å². The van der Waals surface area contributed by atoms with Crippen LogP contribution in [0, 0.1) is 5.92 Å². The lowest BCUT2D eigenvalue weighted by atomic mass is 9.93. The van der Waals surface area contributed by atoms with Gasteiger partial charge in [-0.15, -0.1) is 0 Å². The molecular formula is C16H22N2O3S. The molecule has 1 aromatic carbocycles. The van der Waals surface area contributed by atoms with Crippen LogP contribution in [0.25, 0.3) is 5.57 Å². The van der Waals surface area contributed by atoms with Crippen LogP contribution in [0.1, 0.15) is 25.8 Å². The van der Waals surface area contributed by atoms with E-state index >= 15 is 0 Å². The lowest BCUT2D eigenvalue weighted by Crippen LogP contribution is -2.52. The first-order valence-corrected chi connectivity index (χ1v) is 8.72. The minimum Gasteiger partial charge on any atom is -0.612 e. The quantitative estimate of drug-likeness (QED) is 0.830. The second kappa shape index (κ2) is 7.17. The predicted octanol–water partition coefficient (Wildman–Crippen LogP) is 1.87. The number of ether oxygens (including phenoxy) is 1. The maximum absolute atomic E-state index is 11.6. The highest BCUT2D eigenvalue weighted by molar-refractivity contribution is 7.90. The van der Waals surface area contributed by atoms with E-state index in [4.69, 9.17) is 4.74 Å². The number of hydrazine groups is 1. The molecule has 22 heavy (non-hydrogen) atoms. The number of methoxy groups -OCH3 is 1. The van der Waals surface area contributed by atoms with Crippen LogP contribution in [-0.2, 0) is 16.0 Å². The molecule has 1 aliphatic heterocycles. The Morgan fingerprint density at radius 2 is 2.23 bits per heavy atom. The van der Waals surface area contributed by atoms with Crippen molar-refractivity contribution in [2.45, 2.75) is 31.2 Å². The van der Waals surface area contributed by atoms with Gasteiger partial charge in [0.05, 0.1) is 7.11 Å². The van der Waals surface area contributed by atoms with E-state index in [9.17, 15) is 9.35 Å². The Balaban J connectivity index is 2.26. The molecule has 2 rings (SSSR count). The van der Waals surface area contributed by atoms with E-state index in [1.54, 1.807) is 13.4 Å². The average Bonchev–Trinajstić information content (AvgIpc) is 2.49. The van der Waals surface area contributed by atoms with Crippen molar-refractivity contribution in [2.75, 3.05) is 13.4 Å². The number of rotatable bonds is 4. The molecule has 0 bridgehead atoms. The molecular weight excluding hydrogens is 300 g/mol. The number of carbonyl (C=O) groups excluding carboxylic acids is 1. The molecule has 1 aromatic rings. The monoisotopic (exact) mass is 322 g/mol. The normalized spacial score (nSPS) is 23.9. The van der Waals surface area contributed by atoms with Crippen LogP contribution in [0.3, 0.4) is 0 Å². The highest BCUT2D eigenvalue weighted by Crippen LogP contribution is 2.29. The number of amides is 1. The average molecular weight is 322 g/mol. The summed E-state index contributed by atoms with van der Waals surface area (Å²) in [6.45, 7) is 4.05. The van der Waals surface area contributed by atoms with Gasteiger partial charge in [-0.05, 0) is 41.7 Å². The highest BCUT2D eigenvalue weighted by atomic mass is 32.2. The Hall–Kier alpha value is -1.50. The molecule has 3 unspecified atom stereocenters. The summed E-state index contributed by atoms with van der Waals surface area (Å²) in [5.74, 6) is 0.938. The van der Waals surface area contributed by atoms with Crippen molar-refractivity contribution >= 4 is 22.7 Å². The van der Waals surface area contributed by atoms with Gasteiger partial charge in [-0.1, -0.05) is 13.0 Å². The Labute approximate surface area is 134 Å². The minimum atomic E-state index is -1.04. The largest absolute Gasteiger partial charge is 0.612 e. The number of hydrogen-bond donors (Lipinski definition) is 2. The molecule has 6 heteroatoms. The van der Waals surface area contributed by atoms with Gasteiger partial charge in [0, 0.05) is 24.1 Å². The van der Waals surface area contributed by atoms with Gasteiger partial charge in [-0.2, -0.15) is 0 Å². The SMILES string of the molecule is COc1cc([S+](C)[O-])ccc1/C(C)=C/C1NNC(=O)CC1C. The van der Waals surface area contributed by atoms with E-state index in [0.29, 0.717) is 12.2 Å². The molecule has 1 amide bonds. The maximum atomic E-state index is 11.6. The summed E-state index contributed by atoms with van der Waals surface area (Å²) in [5, 5.41) is 0. The molecule has 120 valence electrons. The van der Waals surface area contributed by atoms with E-state index in [2.05, 4.69) is 16.9 Å². The molecule has 0 aliphatic carbocycles. The van der Waals surface area contributed by atoms with Crippen LogP contribution in [-0.4, -0.2) is 29.9 Å².